The van der Waals surface area contributed by atoms with Crippen molar-refractivity contribution >= 4 is 63.3 Å². The van der Waals surface area contributed by atoms with Crippen LogP contribution in [0.4, 0.5) is 5.82 Å². The maximum absolute atomic E-state index is 12.1. The smallest absolute Gasteiger partial charge is 0.244 e. The number of rotatable bonds is 8. The summed E-state index contributed by atoms with van der Waals surface area (Å²) in [7, 11) is 0. The Balaban J connectivity index is 1.37. The third-order valence-electron chi connectivity index (χ3n) is 7.22. The molecular formula is C28H26Cl4N4O5. The van der Waals surface area contributed by atoms with Crippen LogP contribution in [0, 0.1) is 0 Å². The number of aliphatic hydroxyl groups is 1. The number of ether oxygens (including phenoxy) is 3. The van der Waals surface area contributed by atoms with E-state index < -0.39 is 33.1 Å². The number of anilines is 1. The van der Waals surface area contributed by atoms with Gasteiger partial charge in [0.1, 0.15) is 29.8 Å². The highest BCUT2D eigenvalue weighted by molar-refractivity contribution is 6.47. The second-order valence-electron chi connectivity index (χ2n) is 10.1. The fourth-order valence-electron chi connectivity index (χ4n) is 5.21. The lowest BCUT2D eigenvalue weighted by Gasteiger charge is -2.35. The quantitative estimate of drug-likeness (QED) is 0.228. The van der Waals surface area contributed by atoms with Gasteiger partial charge in [0.05, 0.1) is 18.6 Å². The second kappa shape index (κ2) is 11.1. The topological polar surface area (TPSA) is 99.9 Å². The molecule has 1 unspecified atom stereocenters. The molecule has 4 atom stereocenters. The van der Waals surface area contributed by atoms with Crippen LogP contribution in [0.25, 0.3) is 11.0 Å². The van der Waals surface area contributed by atoms with E-state index in [0.717, 1.165) is 10.9 Å². The summed E-state index contributed by atoms with van der Waals surface area (Å²) >= 11 is 26.6. The molecule has 1 fully saturated rings. The first-order chi connectivity index (χ1) is 19.6. The summed E-state index contributed by atoms with van der Waals surface area (Å²) in [6.07, 6.45) is 0.868. The van der Waals surface area contributed by atoms with Gasteiger partial charge in [-0.25, -0.2) is 15.4 Å². The first-order valence-corrected chi connectivity index (χ1v) is 14.4. The Kier molecular flexibility index (Phi) is 7.86. The van der Waals surface area contributed by atoms with E-state index in [1.807, 2.05) is 18.3 Å². The summed E-state index contributed by atoms with van der Waals surface area (Å²) in [5.41, 5.74) is 3.65. The molecule has 2 aliphatic heterocycles. The number of halogens is 4. The normalized spacial score (nSPS) is 24.8. The van der Waals surface area contributed by atoms with Crippen LogP contribution in [0.1, 0.15) is 29.8 Å². The highest BCUT2D eigenvalue weighted by Crippen LogP contribution is 2.48. The maximum Gasteiger partial charge on any atom is 0.244 e. The molecule has 1 saturated heterocycles. The molecule has 2 N–H and O–H groups in total. The van der Waals surface area contributed by atoms with E-state index in [1.165, 1.54) is 6.33 Å². The summed E-state index contributed by atoms with van der Waals surface area (Å²) in [5, 5.41) is 12.8. The van der Waals surface area contributed by atoms with Gasteiger partial charge in [-0.05, 0) is 12.5 Å². The van der Waals surface area contributed by atoms with Crippen molar-refractivity contribution < 1.29 is 24.2 Å². The highest BCUT2D eigenvalue weighted by atomic mass is 35.5. The van der Waals surface area contributed by atoms with E-state index in [-0.39, 0.29) is 6.61 Å². The molecule has 4 heterocycles. The van der Waals surface area contributed by atoms with Gasteiger partial charge in [0, 0.05) is 23.7 Å². The standard InChI is InChI=1S/C28H26Cl4N4O5/c1-26(37)22(41-28(31,32)19-10-6-3-7-11-19)20(15-38-27(29,30)18-8-4-2-5-9-18)40-25(26)36-14-17-12-13-39-35-23-21(17)24(36)34-16-33-23/h2-11,14,16,20,22,25,37H,12-13,15H2,1H3,(H,33,34,35)/t20-,22-,25?,26-/m1/s1. The zero-order valence-corrected chi connectivity index (χ0v) is 24.7. The number of hydrogen-bond acceptors (Lipinski definition) is 8. The van der Waals surface area contributed by atoms with Crippen LogP contribution in [0.3, 0.4) is 0 Å². The molecule has 41 heavy (non-hydrogen) atoms. The molecular weight excluding hydrogens is 614 g/mol. The lowest BCUT2D eigenvalue weighted by atomic mass is 9.96. The lowest BCUT2D eigenvalue weighted by molar-refractivity contribution is -0.127. The minimum Gasteiger partial charge on any atom is -0.383 e. The Hall–Kier alpha value is -2.18. The van der Waals surface area contributed by atoms with Crippen LogP contribution in [-0.2, 0) is 34.5 Å². The van der Waals surface area contributed by atoms with E-state index in [4.69, 9.17) is 65.5 Å². The highest BCUT2D eigenvalue weighted by Gasteiger charge is 2.57. The van der Waals surface area contributed by atoms with Gasteiger partial charge in [0.25, 0.3) is 0 Å². The van der Waals surface area contributed by atoms with E-state index in [1.54, 1.807) is 60.0 Å². The maximum atomic E-state index is 12.1. The van der Waals surface area contributed by atoms with Gasteiger partial charge in [-0.15, -0.1) is 0 Å². The fraction of sp³-hybridized carbons (Fsp3) is 0.357. The van der Waals surface area contributed by atoms with E-state index in [9.17, 15) is 5.11 Å². The number of hydrogen-bond donors (Lipinski definition) is 2. The summed E-state index contributed by atoms with van der Waals surface area (Å²) in [6, 6.07) is 17.8. The first-order valence-electron chi connectivity index (χ1n) is 12.9. The second-order valence-corrected chi connectivity index (χ2v) is 12.6. The fourth-order valence-corrected chi connectivity index (χ4v) is 6.03. The molecule has 13 heteroatoms. The van der Waals surface area contributed by atoms with Crippen LogP contribution in [0.2, 0.25) is 0 Å². The molecule has 2 aromatic carbocycles. The lowest BCUT2D eigenvalue weighted by Crippen LogP contribution is -2.48. The number of nitrogens with zero attached hydrogens (tertiary/aromatic N) is 3. The van der Waals surface area contributed by atoms with Crippen LogP contribution in [0.15, 0.2) is 73.2 Å². The molecule has 0 spiro atoms. The van der Waals surface area contributed by atoms with Gasteiger partial charge in [-0.3, -0.25) is 4.84 Å². The Labute approximate surface area is 256 Å². The zero-order valence-electron chi connectivity index (χ0n) is 21.7. The molecule has 2 aromatic heterocycles. The Morgan fingerprint density at radius 3 is 2.37 bits per heavy atom. The molecule has 0 aliphatic carbocycles. The molecule has 0 saturated carbocycles. The Bertz CT molecular complexity index is 1520. The molecule has 4 aromatic rings. The van der Waals surface area contributed by atoms with Gasteiger partial charge in [-0.1, -0.05) is 107 Å². The Morgan fingerprint density at radius 1 is 1.02 bits per heavy atom. The first kappa shape index (κ1) is 28.9. The minimum absolute atomic E-state index is 0.167. The molecule has 6 rings (SSSR count). The molecule has 0 amide bonds. The van der Waals surface area contributed by atoms with Crippen molar-refractivity contribution in [2.45, 2.75) is 46.4 Å². The predicted octanol–water partition coefficient (Wildman–Crippen LogP) is 5.96. The van der Waals surface area contributed by atoms with Gasteiger partial charge in [-0.2, -0.15) is 0 Å². The molecule has 0 bridgehead atoms. The van der Waals surface area contributed by atoms with Crippen molar-refractivity contribution in [3.05, 3.63) is 89.9 Å². The predicted molar refractivity (Wildman–Crippen MR) is 156 cm³/mol. The van der Waals surface area contributed by atoms with E-state index in [0.29, 0.717) is 35.6 Å². The van der Waals surface area contributed by atoms with Crippen molar-refractivity contribution in [3.8, 4) is 0 Å². The molecule has 216 valence electrons. The van der Waals surface area contributed by atoms with Crippen LogP contribution in [-0.4, -0.2) is 50.7 Å². The van der Waals surface area contributed by atoms with Gasteiger partial charge in [0.2, 0.25) is 9.04 Å². The van der Waals surface area contributed by atoms with Crippen molar-refractivity contribution in [1.82, 2.24) is 14.5 Å². The molecule has 9 nitrogen and oxygen atoms in total. The summed E-state index contributed by atoms with van der Waals surface area (Å²) in [6.45, 7) is 1.84. The Morgan fingerprint density at radius 2 is 1.68 bits per heavy atom. The van der Waals surface area contributed by atoms with Crippen molar-refractivity contribution in [1.29, 1.82) is 0 Å². The monoisotopic (exact) mass is 638 g/mol. The number of benzene rings is 2. The zero-order chi connectivity index (χ0) is 28.8. The SMILES string of the molecule is C[C@]1(O)C(n2cc3c4c(ncnc42)NOCC3)O[C@H](COC(Cl)(Cl)c2ccccc2)[C@H]1OC(Cl)(Cl)c1ccccc1. The van der Waals surface area contributed by atoms with Crippen LogP contribution < -0.4 is 5.48 Å². The largest absolute Gasteiger partial charge is 0.383 e. The van der Waals surface area contributed by atoms with Gasteiger partial charge >= 0.3 is 0 Å². The number of aromatic nitrogens is 3. The van der Waals surface area contributed by atoms with Crippen LogP contribution >= 0.6 is 46.4 Å². The third-order valence-corrected chi connectivity index (χ3v) is 8.49. The van der Waals surface area contributed by atoms with Gasteiger partial charge < -0.3 is 23.9 Å². The third kappa shape index (κ3) is 5.51. The van der Waals surface area contributed by atoms with E-state index in [2.05, 4.69) is 15.4 Å². The average molecular weight is 640 g/mol. The summed E-state index contributed by atoms with van der Waals surface area (Å²) < 4.78 is 16.9. The van der Waals surface area contributed by atoms with Crippen molar-refractivity contribution in [2.24, 2.45) is 0 Å². The molecule has 2 aliphatic rings. The molecule has 0 radical (unpaired) electrons. The number of nitrogens with one attached hydrogen (secondary N) is 1. The summed E-state index contributed by atoms with van der Waals surface area (Å²) in [4.78, 5) is 14.2. The number of alkyl halides is 4. The summed E-state index contributed by atoms with van der Waals surface area (Å²) in [5.74, 6) is 0.521. The van der Waals surface area contributed by atoms with Crippen LogP contribution in [0.5, 0.6) is 0 Å². The average Bonchev–Trinajstić information content (AvgIpc) is 3.35. The van der Waals surface area contributed by atoms with Crippen molar-refractivity contribution in [3.63, 3.8) is 0 Å². The van der Waals surface area contributed by atoms with Gasteiger partial charge in [0.15, 0.2) is 12.0 Å². The minimum atomic E-state index is -1.83. The van der Waals surface area contributed by atoms with E-state index >= 15 is 0 Å². The van der Waals surface area contributed by atoms with Crippen molar-refractivity contribution in [2.75, 3.05) is 18.7 Å².